The van der Waals surface area contributed by atoms with Crippen LogP contribution in [-0.4, -0.2) is 24.3 Å². The van der Waals surface area contributed by atoms with Crippen LogP contribution in [-0.2, 0) is 24.5 Å². The smallest absolute Gasteiger partial charge is 0.341 e. The lowest BCUT2D eigenvalue weighted by Gasteiger charge is -2.38. The van der Waals surface area contributed by atoms with Crippen molar-refractivity contribution < 1.29 is 23.9 Å². The van der Waals surface area contributed by atoms with Gasteiger partial charge in [0.15, 0.2) is 5.78 Å². The molecule has 0 aromatic heterocycles. The van der Waals surface area contributed by atoms with Crippen molar-refractivity contribution >= 4 is 55.8 Å². The Bertz CT molecular complexity index is 1550. The number of fused-ring (bicyclic) bond motifs is 4. The molecule has 3 N–H and O–H groups in total. The Morgan fingerprint density at radius 2 is 1.85 bits per heavy atom. The molecule has 0 radical (unpaired) electrons. The van der Waals surface area contributed by atoms with Crippen molar-refractivity contribution in [2.75, 3.05) is 11.9 Å². The first-order valence-corrected chi connectivity index (χ1v) is 11.5. The Morgan fingerprint density at radius 3 is 2.59 bits per heavy atom. The van der Waals surface area contributed by atoms with Gasteiger partial charge in [0.1, 0.15) is 16.7 Å². The number of halogens is 1. The lowest BCUT2D eigenvalue weighted by Crippen LogP contribution is -2.48. The summed E-state index contributed by atoms with van der Waals surface area (Å²) in [6.45, 7) is 1.71. The van der Waals surface area contributed by atoms with Crippen LogP contribution in [0, 0.1) is 0 Å². The number of carbonyl (C=O) groups is 3. The molecule has 1 atom stereocenters. The zero-order chi connectivity index (χ0) is 23.8. The predicted octanol–water partition coefficient (Wildman–Crippen LogP) is 4.16. The molecule has 8 heteroatoms. The van der Waals surface area contributed by atoms with Crippen molar-refractivity contribution in [3.63, 3.8) is 0 Å². The second-order valence-electron chi connectivity index (χ2n) is 8.20. The molecule has 0 fully saturated rings. The Labute approximate surface area is 202 Å². The van der Waals surface area contributed by atoms with Gasteiger partial charge in [0.05, 0.1) is 12.2 Å². The summed E-state index contributed by atoms with van der Waals surface area (Å²) in [6, 6.07) is 16.2. The van der Waals surface area contributed by atoms with E-state index in [2.05, 4.69) is 21.2 Å². The van der Waals surface area contributed by atoms with Crippen molar-refractivity contribution in [2.24, 2.45) is 5.73 Å². The molecule has 3 aromatic rings. The molecule has 0 saturated heterocycles. The Kier molecular flexibility index (Phi) is 4.28. The highest BCUT2D eigenvalue weighted by atomic mass is 79.9. The fourth-order valence-corrected chi connectivity index (χ4v) is 5.60. The first-order chi connectivity index (χ1) is 16.4. The topological polar surface area (TPSA) is 108 Å². The van der Waals surface area contributed by atoms with Gasteiger partial charge >= 0.3 is 5.97 Å². The second-order valence-corrected chi connectivity index (χ2v) is 9.11. The number of hydrogen-bond acceptors (Lipinski definition) is 6. The number of amides is 1. The minimum absolute atomic E-state index is 0.0466. The van der Waals surface area contributed by atoms with E-state index < -0.39 is 23.1 Å². The largest absolute Gasteiger partial charge is 0.462 e. The molecule has 34 heavy (non-hydrogen) atoms. The molecule has 0 bridgehead atoms. The number of ether oxygens (including phenoxy) is 2. The molecule has 7 nitrogen and oxygen atoms in total. The fraction of sp³-hybridized carbons (Fsp3) is 0.115. The van der Waals surface area contributed by atoms with E-state index in [1.807, 2.05) is 24.3 Å². The van der Waals surface area contributed by atoms with E-state index in [1.54, 1.807) is 37.3 Å². The molecule has 1 unspecified atom stereocenters. The van der Waals surface area contributed by atoms with Gasteiger partial charge in [-0.15, -0.1) is 0 Å². The highest BCUT2D eigenvalue weighted by molar-refractivity contribution is 9.10. The molecule has 1 amide bonds. The summed E-state index contributed by atoms with van der Waals surface area (Å²) in [4.78, 5) is 41.3. The van der Waals surface area contributed by atoms with E-state index >= 15 is 0 Å². The standard InChI is InChI=1S/C26H17BrN2O5/c1-2-33-24(31)20-23(28)34-22-15-8-4-6-12-5-3-7-14(18(12)15)21(30)19(22)26(20)16-11-13(27)9-10-17(16)29-25(26)32/h3-11H,2,28H2,1H3,(H,29,32). The summed E-state index contributed by atoms with van der Waals surface area (Å²) in [7, 11) is 0. The summed E-state index contributed by atoms with van der Waals surface area (Å²) in [5.74, 6) is -1.90. The number of anilines is 1. The molecule has 3 aromatic carbocycles. The number of carbonyl (C=O) groups excluding carboxylic acids is 3. The van der Waals surface area contributed by atoms with Gasteiger partial charge < -0.3 is 20.5 Å². The predicted molar refractivity (Wildman–Crippen MR) is 129 cm³/mol. The van der Waals surface area contributed by atoms with E-state index in [0.717, 1.165) is 5.39 Å². The van der Waals surface area contributed by atoms with Gasteiger partial charge in [0.25, 0.3) is 0 Å². The number of nitrogens with one attached hydrogen (secondary N) is 1. The van der Waals surface area contributed by atoms with Gasteiger partial charge in [-0.05, 0) is 30.5 Å². The van der Waals surface area contributed by atoms with Crippen LogP contribution in [0.5, 0.6) is 0 Å². The van der Waals surface area contributed by atoms with Crippen LogP contribution in [0.15, 0.2) is 76.1 Å². The summed E-state index contributed by atoms with van der Waals surface area (Å²) in [5, 5.41) is 4.40. The lowest BCUT2D eigenvalue weighted by molar-refractivity contribution is -0.140. The van der Waals surface area contributed by atoms with Crippen molar-refractivity contribution in [3.05, 3.63) is 92.8 Å². The normalized spacial score (nSPS) is 20.3. The van der Waals surface area contributed by atoms with Gasteiger partial charge in [-0.2, -0.15) is 0 Å². The van der Waals surface area contributed by atoms with Crippen LogP contribution in [0.1, 0.15) is 28.4 Å². The molecule has 1 spiro atoms. The summed E-state index contributed by atoms with van der Waals surface area (Å²) < 4.78 is 12.0. The number of hydrogen-bond donors (Lipinski definition) is 2. The highest BCUT2D eigenvalue weighted by Gasteiger charge is 2.62. The number of benzene rings is 3. The summed E-state index contributed by atoms with van der Waals surface area (Å²) in [6.07, 6.45) is 0. The van der Waals surface area contributed by atoms with Crippen molar-refractivity contribution in [2.45, 2.75) is 12.3 Å². The SMILES string of the molecule is CCOC(=O)C1=C(N)OC2=C(C(=O)c3cccc4cccc2c34)C12C(=O)Nc1ccc(Br)cc12. The van der Waals surface area contributed by atoms with Crippen LogP contribution < -0.4 is 11.1 Å². The van der Waals surface area contributed by atoms with Crippen LogP contribution in [0.3, 0.4) is 0 Å². The molecule has 2 aliphatic heterocycles. The average molecular weight is 517 g/mol. The number of ketones is 1. The molecule has 2 heterocycles. The first kappa shape index (κ1) is 20.7. The van der Waals surface area contributed by atoms with Crippen LogP contribution in [0.2, 0.25) is 0 Å². The highest BCUT2D eigenvalue weighted by Crippen LogP contribution is 2.56. The minimum atomic E-state index is -1.84. The van der Waals surface area contributed by atoms with E-state index in [0.29, 0.717) is 32.2 Å². The van der Waals surface area contributed by atoms with Crippen LogP contribution in [0.25, 0.3) is 16.5 Å². The molecule has 6 rings (SSSR count). The zero-order valence-electron chi connectivity index (χ0n) is 17.9. The monoisotopic (exact) mass is 516 g/mol. The van der Waals surface area contributed by atoms with Gasteiger partial charge in [0, 0.05) is 32.2 Å². The lowest BCUT2D eigenvalue weighted by atomic mass is 9.64. The third-order valence-electron chi connectivity index (χ3n) is 6.51. The Balaban J connectivity index is 1.77. The van der Waals surface area contributed by atoms with Crippen molar-refractivity contribution in [3.8, 4) is 0 Å². The number of Topliss-reactive ketones (excluding diaryl/α,β-unsaturated/α-hetero) is 1. The second kappa shape index (κ2) is 7.04. The van der Waals surface area contributed by atoms with E-state index in [1.165, 1.54) is 0 Å². The Hall–Kier alpha value is -3.91. The van der Waals surface area contributed by atoms with Gasteiger partial charge in [-0.25, -0.2) is 4.79 Å². The fourth-order valence-electron chi connectivity index (χ4n) is 5.24. The maximum Gasteiger partial charge on any atom is 0.341 e. The average Bonchev–Trinajstić information content (AvgIpc) is 3.08. The summed E-state index contributed by atoms with van der Waals surface area (Å²) >= 11 is 3.46. The molecule has 3 aliphatic rings. The number of rotatable bonds is 2. The van der Waals surface area contributed by atoms with Crippen molar-refractivity contribution in [1.82, 2.24) is 0 Å². The number of esters is 1. The van der Waals surface area contributed by atoms with Gasteiger partial charge in [-0.3, -0.25) is 9.59 Å². The third-order valence-corrected chi connectivity index (χ3v) is 7.00. The number of nitrogens with two attached hydrogens (primary N) is 1. The van der Waals surface area contributed by atoms with E-state index in [9.17, 15) is 14.4 Å². The maximum atomic E-state index is 14.1. The van der Waals surface area contributed by atoms with E-state index in [4.69, 9.17) is 15.2 Å². The van der Waals surface area contributed by atoms with Crippen LogP contribution in [0.4, 0.5) is 5.69 Å². The Morgan fingerprint density at radius 1 is 1.12 bits per heavy atom. The van der Waals surface area contributed by atoms with Gasteiger partial charge in [0.2, 0.25) is 11.8 Å². The molecular formula is C26H17BrN2O5. The van der Waals surface area contributed by atoms with E-state index in [-0.39, 0.29) is 29.4 Å². The third kappa shape index (κ3) is 2.43. The summed E-state index contributed by atoms with van der Waals surface area (Å²) in [5.41, 5.74) is 6.30. The first-order valence-electron chi connectivity index (χ1n) is 10.7. The quantitative estimate of drug-likeness (QED) is 0.495. The molecule has 0 saturated carbocycles. The maximum absolute atomic E-state index is 14.1. The van der Waals surface area contributed by atoms with Crippen molar-refractivity contribution in [1.29, 1.82) is 0 Å². The zero-order valence-corrected chi connectivity index (χ0v) is 19.5. The molecule has 1 aliphatic carbocycles. The molecule has 168 valence electrons. The molecular weight excluding hydrogens is 500 g/mol. The van der Waals surface area contributed by atoms with Gasteiger partial charge in [-0.1, -0.05) is 52.3 Å². The minimum Gasteiger partial charge on any atom is -0.462 e. The van der Waals surface area contributed by atoms with Crippen LogP contribution >= 0.6 is 15.9 Å².